The van der Waals surface area contributed by atoms with E-state index in [2.05, 4.69) is 5.32 Å². The molecule has 8 nitrogen and oxygen atoms in total. The summed E-state index contributed by atoms with van der Waals surface area (Å²) in [6, 6.07) is -1.09. The van der Waals surface area contributed by atoms with Crippen LogP contribution in [-0.4, -0.2) is 64.4 Å². The van der Waals surface area contributed by atoms with E-state index in [1.807, 2.05) is 0 Å². The molecule has 1 rings (SSSR count). The Kier molecular flexibility index (Phi) is 5.03. The molecule has 1 aliphatic heterocycles. The number of aliphatic hydroxyl groups is 3. The first-order valence-corrected chi connectivity index (χ1v) is 5.43. The monoisotopic (exact) mass is 263 g/mol. The molecular formula is C10H17NO7. The van der Waals surface area contributed by atoms with Crippen molar-refractivity contribution in [3.05, 3.63) is 0 Å². The highest BCUT2D eigenvalue weighted by Gasteiger charge is 2.46. The normalized spacial score (nSPS) is 35.9. The summed E-state index contributed by atoms with van der Waals surface area (Å²) < 4.78 is 9.79. The molecule has 0 saturated carbocycles. The van der Waals surface area contributed by atoms with E-state index in [4.69, 9.17) is 14.6 Å². The summed E-state index contributed by atoms with van der Waals surface area (Å²) in [6.45, 7) is 1.79. The summed E-state index contributed by atoms with van der Waals surface area (Å²) in [7, 11) is 0. The molecule has 1 amide bonds. The van der Waals surface area contributed by atoms with Crippen molar-refractivity contribution in [1.29, 1.82) is 0 Å². The summed E-state index contributed by atoms with van der Waals surface area (Å²) in [5.74, 6) is -1.16. The van der Waals surface area contributed by atoms with Crippen molar-refractivity contribution in [2.24, 2.45) is 0 Å². The summed E-state index contributed by atoms with van der Waals surface area (Å²) in [6.07, 6.45) is -5.11. The van der Waals surface area contributed by atoms with Crippen LogP contribution in [0.3, 0.4) is 0 Å². The third-order valence-electron chi connectivity index (χ3n) is 2.54. The van der Waals surface area contributed by atoms with Gasteiger partial charge in [-0.25, -0.2) is 0 Å². The van der Waals surface area contributed by atoms with Gasteiger partial charge in [-0.15, -0.1) is 0 Å². The van der Waals surface area contributed by atoms with Crippen LogP contribution in [0.5, 0.6) is 0 Å². The van der Waals surface area contributed by atoms with Crippen LogP contribution >= 0.6 is 0 Å². The van der Waals surface area contributed by atoms with Gasteiger partial charge in [-0.1, -0.05) is 0 Å². The lowest BCUT2D eigenvalue weighted by atomic mass is 9.96. The molecule has 1 heterocycles. The Morgan fingerprint density at radius 2 is 1.94 bits per heavy atom. The van der Waals surface area contributed by atoms with Crippen LogP contribution in [0.25, 0.3) is 0 Å². The highest BCUT2D eigenvalue weighted by molar-refractivity contribution is 5.73. The number of hydrogen-bond donors (Lipinski definition) is 4. The molecule has 1 aliphatic rings. The number of carbonyl (C=O) groups excluding carboxylic acids is 2. The highest BCUT2D eigenvalue weighted by Crippen LogP contribution is 2.22. The maximum atomic E-state index is 11.0. The predicted molar refractivity (Wildman–Crippen MR) is 57.1 cm³/mol. The van der Waals surface area contributed by atoms with Gasteiger partial charge in [0, 0.05) is 13.8 Å². The minimum absolute atomic E-state index is 0.477. The van der Waals surface area contributed by atoms with E-state index >= 15 is 0 Å². The third kappa shape index (κ3) is 3.39. The topological polar surface area (TPSA) is 125 Å². The van der Waals surface area contributed by atoms with Gasteiger partial charge in [0.05, 0.1) is 6.61 Å². The Morgan fingerprint density at radius 3 is 2.39 bits per heavy atom. The first-order valence-electron chi connectivity index (χ1n) is 5.43. The van der Waals surface area contributed by atoms with Gasteiger partial charge >= 0.3 is 5.97 Å². The molecule has 18 heavy (non-hydrogen) atoms. The lowest BCUT2D eigenvalue weighted by Gasteiger charge is -2.41. The number of hydrogen-bond acceptors (Lipinski definition) is 7. The van der Waals surface area contributed by atoms with Crippen molar-refractivity contribution in [3.63, 3.8) is 0 Å². The molecule has 8 heteroatoms. The number of amides is 1. The number of esters is 1. The molecule has 104 valence electrons. The van der Waals surface area contributed by atoms with Gasteiger partial charge in [0.25, 0.3) is 0 Å². The van der Waals surface area contributed by atoms with Gasteiger partial charge in [0.1, 0.15) is 18.2 Å². The Bertz CT molecular complexity index is 321. The number of nitrogens with one attached hydrogen (secondary N) is 1. The molecule has 0 aromatic heterocycles. The van der Waals surface area contributed by atoms with E-state index in [1.165, 1.54) is 6.92 Å². The van der Waals surface area contributed by atoms with Crippen molar-refractivity contribution < 1.29 is 34.4 Å². The number of aliphatic hydroxyl groups excluding tert-OH is 3. The molecule has 0 spiro atoms. The fourth-order valence-corrected chi connectivity index (χ4v) is 1.80. The number of rotatable bonds is 3. The van der Waals surface area contributed by atoms with Crippen LogP contribution < -0.4 is 5.32 Å². The van der Waals surface area contributed by atoms with Crippen molar-refractivity contribution in [2.45, 2.75) is 44.5 Å². The van der Waals surface area contributed by atoms with Crippen LogP contribution in [0.4, 0.5) is 0 Å². The molecule has 0 unspecified atom stereocenters. The number of carbonyl (C=O) groups is 2. The van der Waals surface area contributed by atoms with Gasteiger partial charge < -0.3 is 30.1 Å². The molecule has 0 bridgehead atoms. The predicted octanol–water partition coefficient (Wildman–Crippen LogP) is -2.51. The smallest absolute Gasteiger partial charge is 0.303 e. The zero-order chi connectivity index (χ0) is 13.9. The summed E-state index contributed by atoms with van der Waals surface area (Å²) in [5.41, 5.74) is 0. The van der Waals surface area contributed by atoms with Gasteiger partial charge in [-0.05, 0) is 0 Å². The van der Waals surface area contributed by atoms with Gasteiger partial charge in [-0.3, -0.25) is 9.59 Å². The largest absolute Gasteiger partial charge is 0.457 e. The standard InChI is InChI=1S/C10H17NO7/c1-4(13)11-7-9(17-5(2)14)8(15)6(3-12)18-10(7)16/h6-10,12,15-16H,3H2,1-2H3,(H,11,13)/t6-,7-,8+,9-,10+/m0/s1. The van der Waals surface area contributed by atoms with Crippen molar-refractivity contribution >= 4 is 11.9 Å². The zero-order valence-electron chi connectivity index (χ0n) is 10.1. The van der Waals surface area contributed by atoms with Gasteiger partial charge in [-0.2, -0.15) is 0 Å². The molecule has 0 radical (unpaired) electrons. The second kappa shape index (κ2) is 6.10. The van der Waals surface area contributed by atoms with Crippen LogP contribution in [0, 0.1) is 0 Å². The van der Waals surface area contributed by atoms with E-state index in [0.717, 1.165) is 6.92 Å². The van der Waals surface area contributed by atoms with Crippen LogP contribution in [0.15, 0.2) is 0 Å². The quantitative estimate of drug-likeness (QED) is 0.414. The average Bonchev–Trinajstić information content (AvgIpc) is 2.27. The molecule has 4 N–H and O–H groups in total. The van der Waals surface area contributed by atoms with E-state index in [-0.39, 0.29) is 0 Å². The van der Waals surface area contributed by atoms with Crippen LogP contribution in [0.1, 0.15) is 13.8 Å². The van der Waals surface area contributed by atoms with Crippen LogP contribution in [0.2, 0.25) is 0 Å². The maximum absolute atomic E-state index is 11.0. The SMILES string of the molecule is CC(=O)N[C@H]1[C@H](OC(C)=O)[C@H](O)[C@H](CO)O[C@H]1O. The van der Waals surface area contributed by atoms with Gasteiger partial charge in [0.2, 0.25) is 5.91 Å². The first kappa shape index (κ1) is 14.8. The van der Waals surface area contributed by atoms with E-state index in [0.29, 0.717) is 0 Å². The lowest BCUT2D eigenvalue weighted by molar-refractivity contribution is -0.258. The first-order chi connectivity index (χ1) is 8.36. The van der Waals surface area contributed by atoms with Crippen molar-refractivity contribution in [1.82, 2.24) is 5.32 Å². The fraction of sp³-hybridized carbons (Fsp3) is 0.800. The van der Waals surface area contributed by atoms with E-state index < -0.39 is 49.1 Å². The third-order valence-corrected chi connectivity index (χ3v) is 2.54. The molecule has 0 aliphatic carbocycles. The second-order valence-corrected chi connectivity index (χ2v) is 4.04. The number of ether oxygens (including phenoxy) is 2. The molecular weight excluding hydrogens is 246 g/mol. The summed E-state index contributed by atoms with van der Waals surface area (Å²) in [4.78, 5) is 22.0. The van der Waals surface area contributed by atoms with Crippen molar-refractivity contribution in [3.8, 4) is 0 Å². The summed E-state index contributed by atoms with van der Waals surface area (Å²) in [5, 5.41) is 30.8. The lowest BCUT2D eigenvalue weighted by Crippen LogP contribution is -2.65. The molecule has 1 fully saturated rings. The maximum Gasteiger partial charge on any atom is 0.303 e. The van der Waals surface area contributed by atoms with Gasteiger partial charge in [0.15, 0.2) is 12.4 Å². The Labute approximate surface area is 104 Å². The minimum Gasteiger partial charge on any atom is -0.457 e. The Hall–Kier alpha value is -1.22. The summed E-state index contributed by atoms with van der Waals surface area (Å²) >= 11 is 0. The molecule has 0 aromatic rings. The Balaban J connectivity index is 2.89. The van der Waals surface area contributed by atoms with Crippen molar-refractivity contribution in [2.75, 3.05) is 6.61 Å². The molecule has 1 saturated heterocycles. The zero-order valence-corrected chi connectivity index (χ0v) is 10.1. The minimum atomic E-state index is -1.49. The fourth-order valence-electron chi connectivity index (χ4n) is 1.80. The molecule has 0 aromatic carbocycles. The second-order valence-electron chi connectivity index (χ2n) is 4.04. The highest BCUT2D eigenvalue weighted by atomic mass is 16.6. The molecule has 5 atom stereocenters. The van der Waals surface area contributed by atoms with Crippen LogP contribution in [-0.2, 0) is 19.1 Å². The Morgan fingerprint density at radius 1 is 1.33 bits per heavy atom. The average molecular weight is 263 g/mol. The van der Waals surface area contributed by atoms with E-state index in [9.17, 15) is 19.8 Å². The van der Waals surface area contributed by atoms with E-state index in [1.54, 1.807) is 0 Å².